The van der Waals surface area contributed by atoms with Gasteiger partial charge in [-0.2, -0.15) is 0 Å². The lowest BCUT2D eigenvalue weighted by Crippen LogP contribution is -2.43. The minimum atomic E-state index is -3.22. The maximum absolute atomic E-state index is 12.2. The molecule has 1 aromatic rings. The number of amides is 1. The number of piperidine rings is 1. The summed E-state index contributed by atoms with van der Waals surface area (Å²) in [5.41, 5.74) is 0.742. The quantitative estimate of drug-likeness (QED) is 0.778. The largest absolute Gasteiger partial charge is 0.326 e. The van der Waals surface area contributed by atoms with Crippen LogP contribution in [0.25, 0.3) is 0 Å². The number of carbonyl (C=O) groups excluding carboxylic acids is 1. The molecule has 0 bridgehead atoms. The van der Waals surface area contributed by atoms with Gasteiger partial charge in [-0.25, -0.2) is 12.7 Å². The third kappa shape index (κ3) is 4.16. The molecule has 7 heteroatoms. The Kier molecular flexibility index (Phi) is 5.03. The summed E-state index contributed by atoms with van der Waals surface area (Å²) < 4.78 is 25.6. The van der Waals surface area contributed by atoms with Crippen LogP contribution in [0.2, 0.25) is 0 Å². The van der Waals surface area contributed by atoms with Crippen molar-refractivity contribution in [1.82, 2.24) is 4.31 Å². The van der Waals surface area contributed by atoms with Crippen molar-refractivity contribution in [2.75, 3.05) is 24.7 Å². The maximum atomic E-state index is 12.2. The monoisotopic (exact) mass is 408 g/mol. The van der Waals surface area contributed by atoms with Crippen LogP contribution < -0.4 is 5.32 Å². The van der Waals surface area contributed by atoms with E-state index in [0.29, 0.717) is 6.54 Å². The number of anilines is 1. The molecule has 110 valence electrons. The molecule has 2 rings (SSSR count). The number of nitrogens with zero attached hydrogens (tertiary/aromatic N) is 1. The molecule has 20 heavy (non-hydrogen) atoms. The van der Waals surface area contributed by atoms with Crippen molar-refractivity contribution in [3.8, 4) is 0 Å². The van der Waals surface area contributed by atoms with E-state index in [2.05, 4.69) is 27.9 Å². The second kappa shape index (κ2) is 6.40. The molecule has 0 aromatic heterocycles. The molecule has 1 aromatic carbocycles. The summed E-state index contributed by atoms with van der Waals surface area (Å²) in [7, 11) is -3.22. The Labute approximate surface area is 132 Å². The fourth-order valence-corrected chi connectivity index (χ4v) is 3.51. The van der Waals surface area contributed by atoms with E-state index >= 15 is 0 Å². The molecule has 1 amide bonds. The second-order valence-corrected chi connectivity index (χ2v) is 8.18. The van der Waals surface area contributed by atoms with Crippen molar-refractivity contribution in [3.05, 3.63) is 27.8 Å². The van der Waals surface area contributed by atoms with Crippen molar-refractivity contribution in [2.45, 2.75) is 12.8 Å². The van der Waals surface area contributed by atoms with E-state index in [9.17, 15) is 13.2 Å². The molecule has 1 N–H and O–H groups in total. The number of hydrogen-bond donors (Lipinski definition) is 1. The van der Waals surface area contributed by atoms with E-state index in [-0.39, 0.29) is 18.4 Å². The van der Waals surface area contributed by atoms with Crippen LogP contribution in [-0.2, 0) is 14.8 Å². The topological polar surface area (TPSA) is 66.5 Å². The molecule has 1 aliphatic rings. The summed E-state index contributed by atoms with van der Waals surface area (Å²) in [6, 6.07) is 7.52. The van der Waals surface area contributed by atoms with Crippen molar-refractivity contribution in [3.63, 3.8) is 0 Å². The van der Waals surface area contributed by atoms with Gasteiger partial charge in [0.05, 0.1) is 12.2 Å². The first-order chi connectivity index (χ1) is 9.36. The fraction of sp³-hybridized carbons (Fsp3) is 0.462. The van der Waals surface area contributed by atoms with Gasteiger partial charge in [0, 0.05) is 22.3 Å². The van der Waals surface area contributed by atoms with Gasteiger partial charge in [-0.3, -0.25) is 4.79 Å². The van der Waals surface area contributed by atoms with Crippen LogP contribution in [0.4, 0.5) is 5.69 Å². The molecule has 5 nitrogen and oxygen atoms in total. The zero-order valence-corrected chi connectivity index (χ0v) is 14.1. The van der Waals surface area contributed by atoms with Crippen molar-refractivity contribution in [2.24, 2.45) is 5.92 Å². The van der Waals surface area contributed by atoms with Crippen LogP contribution in [0.3, 0.4) is 0 Å². The molecule has 0 spiro atoms. The lowest BCUT2D eigenvalue weighted by atomic mass is 9.99. The van der Waals surface area contributed by atoms with Crippen LogP contribution in [0, 0.1) is 9.49 Å². The Bertz CT molecular complexity index is 586. The number of rotatable bonds is 3. The van der Waals surface area contributed by atoms with Crippen LogP contribution in [0.5, 0.6) is 0 Å². The van der Waals surface area contributed by atoms with Crippen molar-refractivity contribution >= 4 is 44.2 Å². The Balaban J connectivity index is 2.00. The number of sulfonamides is 1. The number of nitrogens with one attached hydrogen (secondary N) is 1. The molecule has 1 heterocycles. The number of halogens is 1. The standard InChI is InChI=1S/C13H17IN2O3S/c1-20(18,19)16-8-2-3-10(9-16)13(17)15-12-6-4-11(14)5-7-12/h4-7,10H,2-3,8-9H2,1H3,(H,15,17). The Hall–Kier alpha value is -0.670. The lowest BCUT2D eigenvalue weighted by Gasteiger charge is -2.30. The highest BCUT2D eigenvalue weighted by atomic mass is 127. The van der Waals surface area contributed by atoms with Gasteiger partial charge >= 0.3 is 0 Å². The highest BCUT2D eigenvalue weighted by Crippen LogP contribution is 2.20. The number of benzene rings is 1. The zero-order chi connectivity index (χ0) is 14.8. The van der Waals surface area contributed by atoms with Gasteiger partial charge in [0.1, 0.15) is 0 Å². The summed E-state index contributed by atoms with van der Waals surface area (Å²) in [5, 5.41) is 2.85. The van der Waals surface area contributed by atoms with Crippen LogP contribution in [0.1, 0.15) is 12.8 Å². The molecule has 1 unspecified atom stereocenters. The molecule has 0 radical (unpaired) electrons. The minimum Gasteiger partial charge on any atom is -0.326 e. The van der Waals surface area contributed by atoms with Gasteiger partial charge in [-0.1, -0.05) is 0 Å². The average molecular weight is 408 g/mol. The highest BCUT2D eigenvalue weighted by molar-refractivity contribution is 14.1. The molecule has 1 aliphatic heterocycles. The first-order valence-electron chi connectivity index (χ1n) is 6.38. The van der Waals surface area contributed by atoms with Crippen LogP contribution >= 0.6 is 22.6 Å². The van der Waals surface area contributed by atoms with E-state index in [4.69, 9.17) is 0 Å². The SMILES string of the molecule is CS(=O)(=O)N1CCCC(C(=O)Nc2ccc(I)cc2)C1. The lowest BCUT2D eigenvalue weighted by molar-refractivity contribution is -0.120. The third-order valence-corrected chi connectivity index (χ3v) is 5.32. The smallest absolute Gasteiger partial charge is 0.228 e. The van der Waals surface area contributed by atoms with Gasteiger partial charge < -0.3 is 5.32 Å². The Morgan fingerprint density at radius 2 is 2.00 bits per heavy atom. The van der Waals surface area contributed by atoms with E-state index in [1.54, 1.807) is 0 Å². The third-order valence-electron chi connectivity index (χ3n) is 3.34. The molecule has 1 atom stereocenters. The predicted octanol–water partition coefficient (Wildman–Crippen LogP) is 1.90. The van der Waals surface area contributed by atoms with Gasteiger partial charge in [-0.05, 0) is 59.7 Å². The summed E-state index contributed by atoms with van der Waals surface area (Å²) >= 11 is 2.20. The fourth-order valence-electron chi connectivity index (χ4n) is 2.24. The first-order valence-corrected chi connectivity index (χ1v) is 9.30. The Morgan fingerprint density at radius 1 is 1.35 bits per heavy atom. The zero-order valence-electron chi connectivity index (χ0n) is 11.2. The molecule has 0 saturated carbocycles. The van der Waals surface area contributed by atoms with Gasteiger partial charge in [0.15, 0.2) is 0 Å². The maximum Gasteiger partial charge on any atom is 0.228 e. The highest BCUT2D eigenvalue weighted by Gasteiger charge is 2.30. The first kappa shape index (κ1) is 15.7. The van der Waals surface area contributed by atoms with E-state index in [1.165, 1.54) is 10.6 Å². The second-order valence-electron chi connectivity index (χ2n) is 4.96. The van der Waals surface area contributed by atoms with Crippen LogP contribution in [0.15, 0.2) is 24.3 Å². The predicted molar refractivity (Wildman–Crippen MR) is 86.9 cm³/mol. The van der Waals surface area contributed by atoms with E-state index in [1.807, 2.05) is 24.3 Å². The molecular weight excluding hydrogens is 391 g/mol. The molecule has 1 saturated heterocycles. The Morgan fingerprint density at radius 3 is 2.60 bits per heavy atom. The van der Waals surface area contributed by atoms with Crippen molar-refractivity contribution in [1.29, 1.82) is 0 Å². The van der Waals surface area contributed by atoms with Crippen LogP contribution in [-0.4, -0.2) is 38.0 Å². The minimum absolute atomic E-state index is 0.112. The molecule has 1 fully saturated rings. The van der Waals surface area contributed by atoms with E-state index < -0.39 is 10.0 Å². The number of hydrogen-bond acceptors (Lipinski definition) is 3. The van der Waals surface area contributed by atoms with Gasteiger partial charge in [0.25, 0.3) is 0 Å². The summed E-state index contributed by atoms with van der Waals surface area (Å²) in [5.74, 6) is -0.391. The molecular formula is C13H17IN2O3S. The van der Waals surface area contributed by atoms with Gasteiger partial charge in [-0.15, -0.1) is 0 Å². The van der Waals surface area contributed by atoms with E-state index in [0.717, 1.165) is 22.1 Å². The normalized spacial score (nSPS) is 20.6. The summed E-state index contributed by atoms with van der Waals surface area (Å²) in [4.78, 5) is 12.2. The molecule has 0 aliphatic carbocycles. The average Bonchev–Trinajstić information content (AvgIpc) is 2.40. The van der Waals surface area contributed by atoms with Gasteiger partial charge in [0.2, 0.25) is 15.9 Å². The number of carbonyl (C=O) groups is 1. The summed E-state index contributed by atoms with van der Waals surface area (Å²) in [6.07, 6.45) is 2.63. The van der Waals surface area contributed by atoms with Crippen molar-refractivity contribution < 1.29 is 13.2 Å². The summed E-state index contributed by atoms with van der Waals surface area (Å²) in [6.45, 7) is 0.779.